The first-order chi connectivity index (χ1) is 11.7. The normalized spacial score (nSPS) is 25.1. The zero-order valence-corrected chi connectivity index (χ0v) is 13.9. The van der Waals surface area contributed by atoms with Crippen molar-refractivity contribution in [3.8, 4) is 0 Å². The lowest BCUT2D eigenvalue weighted by molar-refractivity contribution is -0.124. The van der Waals surface area contributed by atoms with E-state index in [0.717, 1.165) is 25.0 Å². The average molecular weight is 331 g/mol. The predicted molar refractivity (Wildman–Crippen MR) is 90.4 cm³/mol. The summed E-state index contributed by atoms with van der Waals surface area (Å²) < 4.78 is 5.53. The Hall–Kier alpha value is -1.92. The molecule has 2 heterocycles. The number of hydrogen-bond donors (Lipinski definition) is 2. The molecule has 130 valence electrons. The van der Waals surface area contributed by atoms with E-state index in [1.54, 1.807) is 0 Å². The van der Waals surface area contributed by atoms with Crippen molar-refractivity contribution >= 4 is 11.8 Å². The zero-order valence-electron chi connectivity index (χ0n) is 13.9. The van der Waals surface area contributed by atoms with Gasteiger partial charge in [-0.2, -0.15) is 0 Å². The number of rotatable bonds is 5. The van der Waals surface area contributed by atoms with E-state index in [9.17, 15) is 9.59 Å². The van der Waals surface area contributed by atoms with Crippen LogP contribution < -0.4 is 10.6 Å². The molecule has 6 nitrogen and oxygen atoms in total. The van der Waals surface area contributed by atoms with E-state index in [1.165, 1.54) is 0 Å². The van der Waals surface area contributed by atoms with Crippen LogP contribution in [0.3, 0.4) is 0 Å². The first kappa shape index (κ1) is 16.9. The van der Waals surface area contributed by atoms with Crippen molar-refractivity contribution in [3.63, 3.8) is 0 Å². The van der Waals surface area contributed by atoms with Gasteiger partial charge in [-0.3, -0.25) is 14.5 Å². The Morgan fingerprint density at radius 3 is 2.92 bits per heavy atom. The Kier molecular flexibility index (Phi) is 5.82. The summed E-state index contributed by atoms with van der Waals surface area (Å²) in [6.07, 6.45) is 2.60. The molecule has 2 N–H and O–H groups in total. The maximum Gasteiger partial charge on any atom is 0.234 e. The number of nitrogens with zero attached hydrogens (tertiary/aromatic N) is 1. The third kappa shape index (κ3) is 4.55. The van der Waals surface area contributed by atoms with Crippen LogP contribution in [0.25, 0.3) is 0 Å². The van der Waals surface area contributed by atoms with Crippen molar-refractivity contribution in [1.29, 1.82) is 0 Å². The number of benzene rings is 1. The highest BCUT2D eigenvalue weighted by atomic mass is 16.5. The van der Waals surface area contributed by atoms with E-state index in [-0.39, 0.29) is 24.0 Å². The molecule has 3 rings (SSSR count). The van der Waals surface area contributed by atoms with Gasteiger partial charge in [-0.15, -0.1) is 0 Å². The average Bonchev–Trinajstić information content (AvgIpc) is 3.05. The zero-order chi connectivity index (χ0) is 16.8. The summed E-state index contributed by atoms with van der Waals surface area (Å²) in [6.45, 7) is 2.89. The Labute approximate surface area is 142 Å². The molecule has 0 bridgehead atoms. The lowest BCUT2D eigenvalue weighted by Gasteiger charge is -2.28. The Bertz CT molecular complexity index is 558. The molecule has 0 saturated carbocycles. The number of nitrogens with one attached hydrogen (secondary N) is 2. The highest BCUT2D eigenvalue weighted by Gasteiger charge is 2.27. The minimum Gasteiger partial charge on any atom is -0.376 e. The second-order valence-electron chi connectivity index (χ2n) is 6.39. The second kappa shape index (κ2) is 8.26. The number of carbonyl (C=O) groups excluding carboxylic acids is 2. The number of ether oxygens (including phenoxy) is 1. The van der Waals surface area contributed by atoms with Crippen LogP contribution in [0, 0.1) is 0 Å². The quantitative estimate of drug-likeness (QED) is 0.839. The largest absolute Gasteiger partial charge is 0.376 e. The lowest BCUT2D eigenvalue weighted by Crippen LogP contribution is -2.42. The van der Waals surface area contributed by atoms with Crippen molar-refractivity contribution in [3.05, 3.63) is 35.9 Å². The van der Waals surface area contributed by atoms with Crippen LogP contribution in [0.2, 0.25) is 0 Å². The van der Waals surface area contributed by atoms with Gasteiger partial charge in [0.2, 0.25) is 11.8 Å². The van der Waals surface area contributed by atoms with Crippen molar-refractivity contribution in [2.24, 2.45) is 0 Å². The fourth-order valence-electron chi connectivity index (χ4n) is 3.34. The molecule has 24 heavy (non-hydrogen) atoms. The molecule has 6 heteroatoms. The molecule has 2 aliphatic heterocycles. The van der Waals surface area contributed by atoms with E-state index in [0.29, 0.717) is 32.6 Å². The highest BCUT2D eigenvalue weighted by Crippen LogP contribution is 2.25. The molecule has 0 unspecified atom stereocenters. The predicted octanol–water partition coefficient (Wildman–Crippen LogP) is 0.845. The topological polar surface area (TPSA) is 70.7 Å². The van der Waals surface area contributed by atoms with E-state index >= 15 is 0 Å². The molecule has 0 aromatic heterocycles. The number of amides is 2. The summed E-state index contributed by atoms with van der Waals surface area (Å²) in [4.78, 5) is 26.3. The van der Waals surface area contributed by atoms with Crippen LogP contribution in [0.5, 0.6) is 0 Å². The highest BCUT2D eigenvalue weighted by molar-refractivity contribution is 5.79. The summed E-state index contributed by atoms with van der Waals surface area (Å²) in [6, 6.07) is 9.85. The molecule has 1 aromatic rings. The molecule has 2 saturated heterocycles. The van der Waals surface area contributed by atoms with Crippen LogP contribution in [-0.2, 0) is 14.3 Å². The third-order valence-electron chi connectivity index (χ3n) is 4.62. The van der Waals surface area contributed by atoms with E-state index in [1.807, 2.05) is 30.3 Å². The third-order valence-corrected chi connectivity index (χ3v) is 4.62. The van der Waals surface area contributed by atoms with Crippen molar-refractivity contribution in [2.45, 2.75) is 31.4 Å². The van der Waals surface area contributed by atoms with Gasteiger partial charge in [0, 0.05) is 38.7 Å². The van der Waals surface area contributed by atoms with Crippen LogP contribution >= 0.6 is 0 Å². The first-order valence-corrected chi connectivity index (χ1v) is 8.66. The van der Waals surface area contributed by atoms with Crippen molar-refractivity contribution in [2.75, 3.05) is 32.8 Å². The van der Waals surface area contributed by atoms with Gasteiger partial charge in [0.25, 0.3) is 0 Å². The molecule has 2 fully saturated rings. The number of hydrogen-bond acceptors (Lipinski definition) is 4. The lowest BCUT2D eigenvalue weighted by atomic mass is 10.0. The van der Waals surface area contributed by atoms with Crippen LogP contribution in [0.15, 0.2) is 30.3 Å². The molecule has 2 atom stereocenters. The molecule has 0 aliphatic carbocycles. The summed E-state index contributed by atoms with van der Waals surface area (Å²) >= 11 is 0. The van der Waals surface area contributed by atoms with Gasteiger partial charge in [-0.25, -0.2) is 0 Å². The molecule has 1 aromatic carbocycles. The molecular weight excluding hydrogens is 306 g/mol. The molecule has 2 aliphatic rings. The summed E-state index contributed by atoms with van der Waals surface area (Å²) in [5.74, 6) is 0.0203. The van der Waals surface area contributed by atoms with Gasteiger partial charge in [-0.05, 0) is 18.4 Å². The molecule has 2 amide bonds. The maximum atomic E-state index is 12.3. The van der Waals surface area contributed by atoms with Gasteiger partial charge in [-0.1, -0.05) is 30.3 Å². The summed E-state index contributed by atoms with van der Waals surface area (Å²) in [7, 11) is 0. The van der Waals surface area contributed by atoms with E-state index < -0.39 is 0 Å². The fourth-order valence-corrected chi connectivity index (χ4v) is 3.34. The van der Waals surface area contributed by atoms with Gasteiger partial charge in [0.1, 0.15) is 0 Å². The minimum atomic E-state index is -0.0674. The summed E-state index contributed by atoms with van der Waals surface area (Å²) in [5, 5.41) is 5.86. The minimum absolute atomic E-state index is 0.0132. The van der Waals surface area contributed by atoms with E-state index in [2.05, 4.69) is 15.5 Å². The Morgan fingerprint density at radius 1 is 1.33 bits per heavy atom. The van der Waals surface area contributed by atoms with Gasteiger partial charge < -0.3 is 15.4 Å². The maximum absolute atomic E-state index is 12.3. The SMILES string of the molecule is O=C1C[C@H](c2ccccc2)N(CC(=O)NC[C@H]2CCCO2)CCN1. The Balaban J connectivity index is 1.61. The second-order valence-corrected chi connectivity index (χ2v) is 6.39. The van der Waals surface area contributed by atoms with Crippen LogP contribution in [-0.4, -0.2) is 55.6 Å². The van der Waals surface area contributed by atoms with Crippen LogP contribution in [0.1, 0.15) is 30.9 Å². The van der Waals surface area contributed by atoms with Gasteiger partial charge >= 0.3 is 0 Å². The van der Waals surface area contributed by atoms with Crippen molar-refractivity contribution in [1.82, 2.24) is 15.5 Å². The first-order valence-electron chi connectivity index (χ1n) is 8.66. The number of carbonyl (C=O) groups is 2. The molecule has 0 radical (unpaired) electrons. The van der Waals surface area contributed by atoms with Gasteiger partial charge in [0.05, 0.1) is 12.6 Å². The smallest absolute Gasteiger partial charge is 0.234 e. The van der Waals surface area contributed by atoms with Gasteiger partial charge in [0.15, 0.2) is 0 Å². The van der Waals surface area contributed by atoms with Crippen molar-refractivity contribution < 1.29 is 14.3 Å². The summed E-state index contributed by atoms with van der Waals surface area (Å²) in [5.41, 5.74) is 1.07. The Morgan fingerprint density at radius 2 is 2.17 bits per heavy atom. The van der Waals surface area contributed by atoms with Crippen LogP contribution in [0.4, 0.5) is 0 Å². The molecule has 0 spiro atoms. The van der Waals surface area contributed by atoms with E-state index in [4.69, 9.17) is 4.74 Å². The monoisotopic (exact) mass is 331 g/mol. The fraction of sp³-hybridized carbons (Fsp3) is 0.556. The molecular formula is C18H25N3O3. The standard InChI is InChI=1S/C18H25N3O3/c22-17-11-16(14-5-2-1-3-6-14)21(9-8-19-17)13-18(23)20-12-15-7-4-10-24-15/h1-3,5-6,15-16H,4,7-13H2,(H,19,22)(H,20,23)/t15-,16-/m1/s1.